The molecule has 5 heteroatoms. The van der Waals surface area contributed by atoms with Crippen molar-refractivity contribution in [2.45, 2.75) is 20.0 Å². The van der Waals surface area contributed by atoms with Crippen molar-refractivity contribution in [1.82, 2.24) is 14.9 Å². The molecule has 0 aliphatic carbocycles. The highest BCUT2D eigenvalue weighted by molar-refractivity contribution is 5.42. The van der Waals surface area contributed by atoms with Gasteiger partial charge in [0.1, 0.15) is 5.82 Å². The van der Waals surface area contributed by atoms with E-state index in [0.29, 0.717) is 0 Å². The molecular weight excluding hydrogens is 346 g/mol. The summed E-state index contributed by atoms with van der Waals surface area (Å²) in [6, 6.07) is 21.0. The average molecular weight is 374 g/mol. The number of aryl methyl sites for hydroxylation is 1. The van der Waals surface area contributed by atoms with Crippen molar-refractivity contribution < 1.29 is 0 Å². The van der Waals surface area contributed by atoms with Gasteiger partial charge in [-0.15, -0.1) is 0 Å². The van der Waals surface area contributed by atoms with E-state index in [4.69, 9.17) is 4.98 Å². The molecule has 1 N–H and O–H groups in total. The number of aromatic nitrogens is 2. The lowest BCUT2D eigenvalue weighted by molar-refractivity contribution is 0.248. The molecule has 1 saturated heterocycles. The highest BCUT2D eigenvalue weighted by Gasteiger charge is 2.19. The summed E-state index contributed by atoms with van der Waals surface area (Å²) < 4.78 is 0. The summed E-state index contributed by atoms with van der Waals surface area (Å²) in [5.41, 5.74) is 3.95. The molecule has 1 aromatic heterocycles. The summed E-state index contributed by atoms with van der Waals surface area (Å²) in [6.07, 6.45) is 1.85. The largest absolute Gasteiger partial charge is 0.366 e. The van der Waals surface area contributed by atoms with Crippen LogP contribution in [0.25, 0.3) is 0 Å². The highest BCUT2D eigenvalue weighted by atomic mass is 15.3. The zero-order valence-electron chi connectivity index (χ0n) is 16.4. The Labute approximate surface area is 167 Å². The first-order chi connectivity index (χ1) is 13.8. The number of piperazine rings is 1. The van der Waals surface area contributed by atoms with Crippen molar-refractivity contribution in [3.63, 3.8) is 0 Å². The number of hydrogen-bond donors (Lipinski definition) is 1. The number of benzene rings is 2. The van der Waals surface area contributed by atoms with Crippen LogP contribution in [0.1, 0.15) is 16.7 Å². The fraction of sp³-hybridized carbons (Fsp3) is 0.304. The van der Waals surface area contributed by atoms with Crippen LogP contribution < -0.4 is 10.2 Å². The lowest BCUT2D eigenvalue weighted by Gasteiger charge is -2.34. The van der Waals surface area contributed by atoms with Gasteiger partial charge in [-0.05, 0) is 29.7 Å². The topological polar surface area (TPSA) is 44.3 Å². The highest BCUT2D eigenvalue weighted by Crippen LogP contribution is 2.16. The van der Waals surface area contributed by atoms with Crippen LogP contribution in [0.2, 0.25) is 0 Å². The maximum absolute atomic E-state index is 4.74. The number of nitrogens with one attached hydrogen (secondary N) is 1. The van der Waals surface area contributed by atoms with Gasteiger partial charge in [-0.2, -0.15) is 4.98 Å². The number of nitrogens with zero attached hydrogens (tertiary/aromatic N) is 4. The minimum atomic E-state index is 0.772. The Morgan fingerprint density at radius 1 is 0.893 bits per heavy atom. The van der Waals surface area contributed by atoms with Crippen LogP contribution in [0.5, 0.6) is 0 Å². The molecule has 5 nitrogen and oxygen atoms in total. The van der Waals surface area contributed by atoms with Crippen molar-refractivity contribution in [2.24, 2.45) is 0 Å². The predicted molar refractivity (Wildman–Crippen MR) is 114 cm³/mol. The molecule has 0 atom stereocenters. The van der Waals surface area contributed by atoms with Gasteiger partial charge in [0.2, 0.25) is 5.95 Å². The van der Waals surface area contributed by atoms with Crippen LogP contribution in [0.15, 0.2) is 66.9 Å². The quantitative estimate of drug-likeness (QED) is 0.713. The van der Waals surface area contributed by atoms with Gasteiger partial charge in [0.15, 0.2) is 0 Å². The van der Waals surface area contributed by atoms with E-state index in [1.807, 2.05) is 12.3 Å². The molecule has 3 aromatic rings. The fourth-order valence-corrected chi connectivity index (χ4v) is 3.54. The van der Waals surface area contributed by atoms with Gasteiger partial charge in [0.25, 0.3) is 0 Å². The van der Waals surface area contributed by atoms with E-state index in [0.717, 1.165) is 51.0 Å². The van der Waals surface area contributed by atoms with E-state index >= 15 is 0 Å². The molecule has 1 aliphatic rings. The third kappa shape index (κ3) is 4.67. The van der Waals surface area contributed by atoms with Crippen molar-refractivity contribution in [3.05, 3.63) is 83.6 Å². The number of rotatable bonds is 6. The Bertz CT molecular complexity index is 888. The summed E-state index contributed by atoms with van der Waals surface area (Å²) in [6.45, 7) is 7.87. The Kier molecular flexibility index (Phi) is 5.83. The third-order valence-electron chi connectivity index (χ3n) is 5.27. The standard InChI is InChI=1S/C23H27N5/c1-19-7-5-6-10-21(19)17-25-22-11-12-24-23(26-22)28-15-13-27(14-16-28)18-20-8-3-2-4-9-20/h2-12H,13-18H2,1H3,(H,24,25,26). The zero-order chi connectivity index (χ0) is 19.2. The molecule has 2 aromatic carbocycles. The second kappa shape index (κ2) is 8.85. The molecule has 144 valence electrons. The Hall–Kier alpha value is -2.92. The Balaban J connectivity index is 1.33. The maximum atomic E-state index is 4.74. The van der Waals surface area contributed by atoms with Gasteiger partial charge in [-0.1, -0.05) is 54.6 Å². The van der Waals surface area contributed by atoms with E-state index in [2.05, 4.69) is 81.6 Å². The average Bonchev–Trinajstić information content (AvgIpc) is 2.75. The number of hydrogen-bond acceptors (Lipinski definition) is 5. The summed E-state index contributed by atoms with van der Waals surface area (Å²) in [5.74, 6) is 1.69. The molecule has 2 heterocycles. The lowest BCUT2D eigenvalue weighted by atomic mass is 10.1. The molecule has 4 rings (SSSR count). The Morgan fingerprint density at radius 3 is 2.43 bits per heavy atom. The molecule has 0 bridgehead atoms. The van der Waals surface area contributed by atoms with Gasteiger partial charge < -0.3 is 10.2 Å². The first-order valence-corrected chi connectivity index (χ1v) is 9.90. The second-order valence-corrected chi connectivity index (χ2v) is 7.27. The van der Waals surface area contributed by atoms with Crippen LogP contribution in [-0.4, -0.2) is 41.0 Å². The summed E-state index contributed by atoms with van der Waals surface area (Å²) in [7, 11) is 0. The van der Waals surface area contributed by atoms with Crippen LogP contribution >= 0.6 is 0 Å². The molecule has 0 saturated carbocycles. The molecular formula is C23H27N5. The molecule has 0 radical (unpaired) electrons. The van der Waals surface area contributed by atoms with E-state index in [1.54, 1.807) is 0 Å². The van der Waals surface area contributed by atoms with E-state index in [-0.39, 0.29) is 0 Å². The normalized spacial score (nSPS) is 14.8. The first-order valence-electron chi connectivity index (χ1n) is 9.90. The molecule has 28 heavy (non-hydrogen) atoms. The summed E-state index contributed by atoms with van der Waals surface area (Å²) in [4.78, 5) is 14.0. The van der Waals surface area contributed by atoms with Crippen LogP contribution in [-0.2, 0) is 13.1 Å². The lowest BCUT2D eigenvalue weighted by Crippen LogP contribution is -2.46. The van der Waals surface area contributed by atoms with Crippen molar-refractivity contribution in [1.29, 1.82) is 0 Å². The minimum absolute atomic E-state index is 0.772. The zero-order valence-corrected chi connectivity index (χ0v) is 16.4. The first kappa shape index (κ1) is 18.4. The Morgan fingerprint density at radius 2 is 1.64 bits per heavy atom. The van der Waals surface area contributed by atoms with Crippen molar-refractivity contribution >= 4 is 11.8 Å². The van der Waals surface area contributed by atoms with Gasteiger partial charge in [0.05, 0.1) is 0 Å². The summed E-state index contributed by atoms with van der Waals surface area (Å²) >= 11 is 0. The molecule has 0 amide bonds. The SMILES string of the molecule is Cc1ccccc1CNc1ccnc(N2CCN(Cc3ccccc3)CC2)n1. The minimum Gasteiger partial charge on any atom is -0.366 e. The van der Waals surface area contributed by atoms with Crippen LogP contribution in [0.3, 0.4) is 0 Å². The monoisotopic (exact) mass is 373 g/mol. The van der Waals surface area contributed by atoms with Crippen molar-refractivity contribution in [2.75, 3.05) is 36.4 Å². The molecule has 1 fully saturated rings. The van der Waals surface area contributed by atoms with Crippen molar-refractivity contribution in [3.8, 4) is 0 Å². The second-order valence-electron chi connectivity index (χ2n) is 7.27. The van der Waals surface area contributed by atoms with E-state index < -0.39 is 0 Å². The third-order valence-corrected chi connectivity index (χ3v) is 5.27. The number of anilines is 2. The molecule has 0 spiro atoms. The predicted octanol–water partition coefficient (Wildman–Crippen LogP) is 3.72. The van der Waals surface area contributed by atoms with Gasteiger partial charge >= 0.3 is 0 Å². The fourth-order valence-electron chi connectivity index (χ4n) is 3.54. The maximum Gasteiger partial charge on any atom is 0.227 e. The van der Waals surface area contributed by atoms with Crippen LogP contribution in [0, 0.1) is 6.92 Å². The van der Waals surface area contributed by atoms with Crippen LogP contribution in [0.4, 0.5) is 11.8 Å². The van der Waals surface area contributed by atoms with Gasteiger partial charge in [-0.25, -0.2) is 4.98 Å². The summed E-state index contributed by atoms with van der Waals surface area (Å²) in [5, 5.41) is 3.43. The van der Waals surface area contributed by atoms with Gasteiger partial charge in [0, 0.05) is 45.5 Å². The smallest absolute Gasteiger partial charge is 0.227 e. The van der Waals surface area contributed by atoms with Gasteiger partial charge in [-0.3, -0.25) is 4.90 Å². The molecule has 0 unspecified atom stereocenters. The van der Waals surface area contributed by atoms with E-state index in [1.165, 1.54) is 16.7 Å². The van der Waals surface area contributed by atoms with E-state index in [9.17, 15) is 0 Å². The molecule has 1 aliphatic heterocycles.